The molecule has 5 heteroatoms. The highest BCUT2D eigenvalue weighted by atomic mass is 16.5. The van der Waals surface area contributed by atoms with Crippen LogP contribution in [0.4, 0.5) is 0 Å². The van der Waals surface area contributed by atoms with Crippen LogP contribution in [0.25, 0.3) is 0 Å². The predicted octanol–water partition coefficient (Wildman–Crippen LogP) is 2.61. The minimum absolute atomic E-state index is 0.0841. The maximum absolute atomic E-state index is 12.0. The van der Waals surface area contributed by atoms with E-state index in [0.717, 1.165) is 11.3 Å². The number of nitrogens with one attached hydrogen (secondary N) is 1. The lowest BCUT2D eigenvalue weighted by molar-refractivity contribution is -0.138. The normalized spacial score (nSPS) is 11.5. The first-order chi connectivity index (χ1) is 11.6. The average molecular weight is 327 g/mol. The average Bonchev–Trinajstić information content (AvgIpc) is 2.61. The molecule has 0 radical (unpaired) electrons. The number of carbonyl (C=O) groups excluding carboxylic acids is 1. The molecule has 0 aliphatic heterocycles. The number of rotatable bonds is 8. The van der Waals surface area contributed by atoms with Crippen LogP contribution in [0.5, 0.6) is 5.75 Å². The molecular weight excluding hydrogens is 306 g/mol. The number of ether oxygens (including phenoxy) is 1. The van der Waals surface area contributed by atoms with Crippen molar-refractivity contribution >= 4 is 11.9 Å². The van der Waals surface area contributed by atoms with E-state index in [2.05, 4.69) is 5.32 Å². The fourth-order valence-electron chi connectivity index (χ4n) is 2.39. The Labute approximate surface area is 141 Å². The predicted molar refractivity (Wildman–Crippen MR) is 91.1 cm³/mol. The van der Waals surface area contributed by atoms with Gasteiger partial charge in [0.15, 0.2) is 0 Å². The molecular formula is C19H21NO4. The number of amides is 1. The van der Waals surface area contributed by atoms with Crippen molar-refractivity contribution in [3.8, 4) is 5.75 Å². The highest BCUT2D eigenvalue weighted by Gasteiger charge is 2.20. The van der Waals surface area contributed by atoms with Crippen LogP contribution >= 0.6 is 0 Å². The molecule has 1 amide bonds. The topological polar surface area (TPSA) is 75.6 Å². The smallest absolute Gasteiger partial charge is 0.312 e. The number of carboxylic acids is 1. The van der Waals surface area contributed by atoms with Crippen LogP contribution in [-0.2, 0) is 16.0 Å². The Morgan fingerprint density at radius 3 is 2.33 bits per heavy atom. The summed E-state index contributed by atoms with van der Waals surface area (Å²) in [6, 6.07) is 16.4. The van der Waals surface area contributed by atoms with Gasteiger partial charge in [0.1, 0.15) is 5.75 Å². The summed E-state index contributed by atoms with van der Waals surface area (Å²) in [6.07, 6.45) is 0.909. The number of benzene rings is 2. The third-order valence-corrected chi connectivity index (χ3v) is 3.80. The van der Waals surface area contributed by atoms with Crippen LogP contribution in [0.3, 0.4) is 0 Å². The van der Waals surface area contributed by atoms with Gasteiger partial charge in [0.05, 0.1) is 13.0 Å². The summed E-state index contributed by atoms with van der Waals surface area (Å²) in [5.41, 5.74) is 1.71. The summed E-state index contributed by atoms with van der Waals surface area (Å²) in [6.45, 7) is 0.0841. The third kappa shape index (κ3) is 5.12. The Morgan fingerprint density at radius 2 is 1.75 bits per heavy atom. The van der Waals surface area contributed by atoms with Crippen LogP contribution in [0.15, 0.2) is 54.6 Å². The molecule has 2 rings (SSSR count). The first-order valence-electron chi connectivity index (χ1n) is 7.77. The molecule has 2 N–H and O–H groups in total. The van der Waals surface area contributed by atoms with Crippen LogP contribution in [-0.4, -0.2) is 30.6 Å². The molecule has 0 saturated heterocycles. The molecule has 1 unspecified atom stereocenters. The molecule has 0 aromatic heterocycles. The standard InChI is InChI=1S/C19H21NO4/c1-24-16-10-7-14(8-11-16)9-12-18(21)20-13-17(19(22)23)15-5-3-2-4-6-15/h2-8,10-11,17H,9,12-13H2,1H3,(H,20,21)(H,22,23). The number of carbonyl (C=O) groups is 2. The Bertz CT molecular complexity index is 668. The van der Waals surface area contributed by atoms with Gasteiger partial charge in [0.2, 0.25) is 5.91 Å². The molecule has 2 aromatic carbocycles. The van der Waals surface area contributed by atoms with Gasteiger partial charge in [-0.05, 0) is 29.7 Å². The van der Waals surface area contributed by atoms with Gasteiger partial charge in [0, 0.05) is 13.0 Å². The second-order valence-electron chi connectivity index (χ2n) is 5.45. The molecule has 2 aromatic rings. The Hall–Kier alpha value is -2.82. The third-order valence-electron chi connectivity index (χ3n) is 3.80. The van der Waals surface area contributed by atoms with Crippen LogP contribution < -0.4 is 10.1 Å². The minimum Gasteiger partial charge on any atom is -0.497 e. The lowest BCUT2D eigenvalue weighted by atomic mass is 9.99. The summed E-state index contributed by atoms with van der Waals surface area (Å²) >= 11 is 0. The van der Waals surface area contributed by atoms with E-state index in [-0.39, 0.29) is 12.5 Å². The maximum atomic E-state index is 12.0. The van der Waals surface area contributed by atoms with E-state index in [1.54, 1.807) is 31.4 Å². The largest absolute Gasteiger partial charge is 0.497 e. The number of aryl methyl sites for hydroxylation is 1. The summed E-state index contributed by atoms with van der Waals surface area (Å²) in [5, 5.41) is 12.0. The van der Waals surface area contributed by atoms with Gasteiger partial charge in [-0.1, -0.05) is 42.5 Å². The highest BCUT2D eigenvalue weighted by Crippen LogP contribution is 2.15. The molecule has 126 valence electrons. The van der Waals surface area contributed by atoms with Gasteiger partial charge >= 0.3 is 5.97 Å². The number of carboxylic acid groups (broad SMARTS) is 1. The zero-order chi connectivity index (χ0) is 17.4. The lowest BCUT2D eigenvalue weighted by Crippen LogP contribution is -2.31. The van der Waals surface area contributed by atoms with E-state index in [9.17, 15) is 14.7 Å². The first-order valence-corrected chi connectivity index (χ1v) is 7.77. The zero-order valence-corrected chi connectivity index (χ0v) is 13.6. The minimum atomic E-state index is -0.948. The monoisotopic (exact) mass is 327 g/mol. The summed E-state index contributed by atoms with van der Waals surface area (Å²) in [4.78, 5) is 23.4. The molecule has 0 aliphatic carbocycles. The van der Waals surface area contributed by atoms with E-state index in [4.69, 9.17) is 4.74 Å². The summed E-state index contributed by atoms with van der Waals surface area (Å²) in [7, 11) is 1.61. The van der Waals surface area contributed by atoms with E-state index >= 15 is 0 Å². The number of methoxy groups -OCH3 is 1. The van der Waals surface area contributed by atoms with Crippen molar-refractivity contribution in [1.82, 2.24) is 5.32 Å². The second kappa shape index (κ2) is 8.72. The molecule has 0 heterocycles. The Kier molecular flexibility index (Phi) is 6.37. The van der Waals surface area contributed by atoms with Crippen LogP contribution in [0.1, 0.15) is 23.5 Å². The number of hydrogen-bond donors (Lipinski definition) is 2. The molecule has 5 nitrogen and oxygen atoms in total. The fourth-order valence-corrected chi connectivity index (χ4v) is 2.39. The van der Waals surface area contributed by atoms with Crippen molar-refractivity contribution in [2.75, 3.05) is 13.7 Å². The molecule has 0 saturated carbocycles. The Morgan fingerprint density at radius 1 is 1.08 bits per heavy atom. The van der Waals surface area contributed by atoms with Gasteiger partial charge in [-0.3, -0.25) is 9.59 Å². The number of hydrogen-bond acceptors (Lipinski definition) is 3. The Balaban J connectivity index is 1.83. The first kappa shape index (κ1) is 17.5. The van der Waals surface area contributed by atoms with Gasteiger partial charge in [-0.25, -0.2) is 0 Å². The lowest BCUT2D eigenvalue weighted by Gasteiger charge is -2.14. The van der Waals surface area contributed by atoms with E-state index in [1.807, 2.05) is 30.3 Å². The van der Waals surface area contributed by atoms with Crippen LogP contribution in [0.2, 0.25) is 0 Å². The molecule has 0 spiro atoms. The second-order valence-corrected chi connectivity index (χ2v) is 5.45. The van der Waals surface area contributed by atoms with Gasteiger partial charge in [0.25, 0.3) is 0 Å². The zero-order valence-electron chi connectivity index (χ0n) is 13.6. The molecule has 1 atom stereocenters. The number of aliphatic carboxylic acids is 1. The van der Waals surface area contributed by atoms with Crippen molar-refractivity contribution in [2.24, 2.45) is 0 Å². The van der Waals surface area contributed by atoms with Gasteiger partial charge < -0.3 is 15.2 Å². The highest BCUT2D eigenvalue weighted by molar-refractivity contribution is 5.79. The summed E-state index contributed by atoms with van der Waals surface area (Å²) < 4.78 is 5.09. The van der Waals surface area contributed by atoms with E-state index in [0.29, 0.717) is 18.4 Å². The SMILES string of the molecule is COc1ccc(CCC(=O)NCC(C(=O)O)c2ccccc2)cc1. The van der Waals surface area contributed by atoms with E-state index in [1.165, 1.54) is 0 Å². The fraction of sp³-hybridized carbons (Fsp3) is 0.263. The van der Waals surface area contributed by atoms with Gasteiger partial charge in [-0.15, -0.1) is 0 Å². The summed E-state index contributed by atoms with van der Waals surface area (Å²) in [5.74, 6) is -1.07. The van der Waals surface area contributed by atoms with Crippen molar-refractivity contribution < 1.29 is 19.4 Å². The quantitative estimate of drug-likeness (QED) is 0.781. The van der Waals surface area contributed by atoms with E-state index < -0.39 is 11.9 Å². The maximum Gasteiger partial charge on any atom is 0.312 e. The van der Waals surface area contributed by atoms with Gasteiger partial charge in [-0.2, -0.15) is 0 Å². The van der Waals surface area contributed by atoms with Crippen molar-refractivity contribution in [3.63, 3.8) is 0 Å². The van der Waals surface area contributed by atoms with Crippen molar-refractivity contribution in [1.29, 1.82) is 0 Å². The molecule has 0 bridgehead atoms. The van der Waals surface area contributed by atoms with Crippen LogP contribution in [0, 0.1) is 0 Å². The molecule has 0 fully saturated rings. The van der Waals surface area contributed by atoms with Crippen molar-refractivity contribution in [3.05, 3.63) is 65.7 Å². The molecule has 24 heavy (non-hydrogen) atoms. The van der Waals surface area contributed by atoms with Crippen molar-refractivity contribution in [2.45, 2.75) is 18.8 Å². The molecule has 0 aliphatic rings.